The van der Waals surface area contributed by atoms with Crippen LogP contribution in [0.1, 0.15) is 35.5 Å². The first-order valence-corrected chi connectivity index (χ1v) is 7.53. The molecule has 8 nitrogen and oxygen atoms in total. The predicted molar refractivity (Wildman–Crippen MR) is 81.0 cm³/mol. The molecule has 0 unspecified atom stereocenters. The number of hydrogen-bond acceptors (Lipinski definition) is 6. The maximum atomic E-state index is 12.3. The van der Waals surface area contributed by atoms with Gasteiger partial charge in [0.25, 0.3) is 5.91 Å². The lowest BCUT2D eigenvalue weighted by atomic mass is 10.1. The number of hydrogen-bond donors (Lipinski definition) is 1. The molecule has 1 fully saturated rings. The molecule has 0 saturated carbocycles. The van der Waals surface area contributed by atoms with Gasteiger partial charge in [0, 0.05) is 31.0 Å². The van der Waals surface area contributed by atoms with E-state index in [-0.39, 0.29) is 23.7 Å². The van der Waals surface area contributed by atoms with Crippen molar-refractivity contribution < 1.29 is 14.3 Å². The van der Waals surface area contributed by atoms with Crippen LogP contribution in [0.5, 0.6) is 5.88 Å². The Bertz CT molecular complexity index is 670. The van der Waals surface area contributed by atoms with Crippen LogP contribution in [-0.4, -0.2) is 45.6 Å². The maximum absolute atomic E-state index is 12.3. The van der Waals surface area contributed by atoms with Gasteiger partial charge in [-0.2, -0.15) is 5.10 Å². The minimum absolute atomic E-state index is 0.110. The number of nitrogens with one attached hydrogen (secondary N) is 1. The van der Waals surface area contributed by atoms with E-state index in [1.807, 2.05) is 17.8 Å². The summed E-state index contributed by atoms with van der Waals surface area (Å²) in [5, 5.41) is 14.9. The van der Waals surface area contributed by atoms with Crippen molar-refractivity contribution in [2.75, 3.05) is 13.7 Å². The molecule has 8 heteroatoms. The third-order valence-electron chi connectivity index (χ3n) is 3.80. The Kier molecular flexibility index (Phi) is 4.52. The van der Waals surface area contributed by atoms with Gasteiger partial charge in [0.15, 0.2) is 5.69 Å². The molecule has 0 spiro atoms. The van der Waals surface area contributed by atoms with Gasteiger partial charge in [-0.15, -0.1) is 10.2 Å². The third-order valence-corrected chi connectivity index (χ3v) is 3.80. The van der Waals surface area contributed by atoms with Crippen molar-refractivity contribution in [2.24, 2.45) is 0 Å². The molecule has 1 aliphatic rings. The van der Waals surface area contributed by atoms with Crippen LogP contribution in [-0.2, 0) is 11.3 Å². The van der Waals surface area contributed by atoms with Crippen LogP contribution in [0.2, 0.25) is 0 Å². The van der Waals surface area contributed by atoms with Crippen LogP contribution >= 0.6 is 0 Å². The Hall–Kier alpha value is -2.48. The Labute approximate surface area is 133 Å². The highest BCUT2D eigenvalue weighted by atomic mass is 16.5. The second-order valence-corrected chi connectivity index (χ2v) is 5.25. The fourth-order valence-electron chi connectivity index (χ4n) is 2.56. The molecule has 2 aromatic heterocycles. The third kappa shape index (κ3) is 3.31. The van der Waals surface area contributed by atoms with Gasteiger partial charge >= 0.3 is 0 Å². The smallest absolute Gasteiger partial charge is 0.272 e. The summed E-state index contributed by atoms with van der Waals surface area (Å²) in [6, 6.07) is 3.08. The molecule has 3 heterocycles. The topological polar surface area (TPSA) is 91.2 Å². The predicted octanol–water partition coefficient (Wildman–Crippen LogP) is 0.962. The van der Waals surface area contributed by atoms with Crippen molar-refractivity contribution in [3.05, 3.63) is 35.8 Å². The Morgan fingerprint density at radius 2 is 2.35 bits per heavy atom. The first-order chi connectivity index (χ1) is 11.2. The summed E-state index contributed by atoms with van der Waals surface area (Å²) in [6.45, 7) is 3.42. The summed E-state index contributed by atoms with van der Waals surface area (Å²) in [7, 11) is 1.50. The van der Waals surface area contributed by atoms with Crippen LogP contribution in [0.4, 0.5) is 0 Å². The van der Waals surface area contributed by atoms with Gasteiger partial charge in [-0.05, 0) is 19.4 Å². The zero-order valence-corrected chi connectivity index (χ0v) is 13.1. The number of rotatable bonds is 5. The molecule has 0 aliphatic carbocycles. The van der Waals surface area contributed by atoms with E-state index >= 15 is 0 Å². The quantitative estimate of drug-likeness (QED) is 0.883. The molecule has 0 aromatic carbocycles. The summed E-state index contributed by atoms with van der Waals surface area (Å²) in [4.78, 5) is 12.3. The van der Waals surface area contributed by atoms with Crippen molar-refractivity contribution in [3.63, 3.8) is 0 Å². The minimum atomic E-state index is -0.275. The summed E-state index contributed by atoms with van der Waals surface area (Å²) in [6.07, 6.45) is 4.29. The molecule has 0 bridgehead atoms. The van der Waals surface area contributed by atoms with E-state index in [2.05, 4.69) is 20.6 Å². The van der Waals surface area contributed by atoms with Gasteiger partial charge in [0.2, 0.25) is 5.88 Å². The normalized spacial score (nSPS) is 20.4. The van der Waals surface area contributed by atoms with Gasteiger partial charge in [-0.25, -0.2) is 0 Å². The van der Waals surface area contributed by atoms with Gasteiger partial charge < -0.3 is 14.8 Å². The fourth-order valence-corrected chi connectivity index (χ4v) is 2.56. The molecule has 2 aromatic rings. The van der Waals surface area contributed by atoms with Crippen molar-refractivity contribution in [1.29, 1.82) is 0 Å². The zero-order valence-electron chi connectivity index (χ0n) is 13.1. The highest BCUT2D eigenvalue weighted by Crippen LogP contribution is 2.29. The number of carbonyl (C=O) groups excluding carboxylic acids is 1. The lowest BCUT2D eigenvalue weighted by Crippen LogP contribution is -2.37. The van der Waals surface area contributed by atoms with Crippen molar-refractivity contribution in [3.8, 4) is 5.88 Å². The minimum Gasteiger partial charge on any atom is -0.480 e. The van der Waals surface area contributed by atoms with Crippen LogP contribution in [0, 0.1) is 0 Å². The van der Waals surface area contributed by atoms with Crippen molar-refractivity contribution in [2.45, 2.75) is 32.0 Å². The standard InChI is InChI=1S/C15H19N5O3/c1-3-20-9-10(8-16-20)14-11(6-7-23-14)17-15(21)12-4-5-13(22-2)19-18-12/h4-5,8-9,11,14H,3,6-7H2,1-2H3,(H,17,21)/t11-,14+/m0/s1. The maximum Gasteiger partial charge on any atom is 0.272 e. The first kappa shape index (κ1) is 15.4. The van der Waals surface area contributed by atoms with E-state index in [9.17, 15) is 4.79 Å². The average molecular weight is 317 g/mol. The number of aromatic nitrogens is 4. The van der Waals surface area contributed by atoms with Gasteiger partial charge in [-0.3, -0.25) is 9.48 Å². The largest absolute Gasteiger partial charge is 0.480 e. The van der Waals surface area contributed by atoms with E-state index in [0.29, 0.717) is 12.5 Å². The highest BCUT2D eigenvalue weighted by molar-refractivity contribution is 5.92. The number of nitrogens with zero attached hydrogens (tertiary/aromatic N) is 4. The fraction of sp³-hybridized carbons (Fsp3) is 0.467. The molecule has 23 heavy (non-hydrogen) atoms. The molecule has 122 valence electrons. The van der Waals surface area contributed by atoms with E-state index in [1.54, 1.807) is 18.3 Å². The van der Waals surface area contributed by atoms with Crippen LogP contribution < -0.4 is 10.1 Å². The molecule has 0 radical (unpaired) electrons. The van der Waals surface area contributed by atoms with E-state index in [0.717, 1.165) is 18.5 Å². The monoisotopic (exact) mass is 317 g/mol. The molecule has 1 saturated heterocycles. The number of carbonyl (C=O) groups is 1. The highest BCUT2D eigenvalue weighted by Gasteiger charge is 2.32. The van der Waals surface area contributed by atoms with E-state index < -0.39 is 0 Å². The Balaban J connectivity index is 1.68. The molecule has 1 aliphatic heterocycles. The van der Waals surface area contributed by atoms with Crippen LogP contribution in [0.25, 0.3) is 0 Å². The summed E-state index contributed by atoms with van der Waals surface area (Å²) < 4.78 is 12.5. The first-order valence-electron chi connectivity index (χ1n) is 7.53. The summed E-state index contributed by atoms with van der Waals surface area (Å²) in [5.41, 5.74) is 1.22. The molecule has 3 rings (SSSR count). The Morgan fingerprint density at radius 1 is 1.48 bits per heavy atom. The van der Waals surface area contributed by atoms with E-state index in [4.69, 9.17) is 9.47 Å². The lowest BCUT2D eigenvalue weighted by Gasteiger charge is -2.18. The average Bonchev–Trinajstić information content (AvgIpc) is 3.23. The molecule has 1 N–H and O–H groups in total. The molecular weight excluding hydrogens is 298 g/mol. The molecule has 2 atom stereocenters. The van der Waals surface area contributed by atoms with Crippen molar-refractivity contribution >= 4 is 5.91 Å². The Morgan fingerprint density at radius 3 is 3.00 bits per heavy atom. The number of aryl methyl sites for hydroxylation is 1. The second kappa shape index (κ2) is 6.74. The molecule has 1 amide bonds. The number of methoxy groups -OCH3 is 1. The lowest BCUT2D eigenvalue weighted by molar-refractivity contribution is 0.0817. The van der Waals surface area contributed by atoms with Gasteiger partial charge in [0.1, 0.15) is 6.10 Å². The summed E-state index contributed by atoms with van der Waals surface area (Å²) in [5.74, 6) is 0.0964. The molecular formula is C15H19N5O3. The summed E-state index contributed by atoms with van der Waals surface area (Å²) >= 11 is 0. The number of ether oxygens (including phenoxy) is 2. The number of amides is 1. The SMILES string of the molecule is CCn1cc([C@H]2OCC[C@@H]2NC(=O)c2ccc(OC)nn2)cn1. The van der Waals surface area contributed by atoms with Gasteiger partial charge in [0.05, 0.1) is 19.3 Å². The van der Waals surface area contributed by atoms with E-state index in [1.165, 1.54) is 7.11 Å². The van der Waals surface area contributed by atoms with Crippen LogP contribution in [0.3, 0.4) is 0 Å². The second-order valence-electron chi connectivity index (χ2n) is 5.25. The van der Waals surface area contributed by atoms with Crippen LogP contribution in [0.15, 0.2) is 24.5 Å². The van der Waals surface area contributed by atoms with Gasteiger partial charge in [-0.1, -0.05) is 0 Å². The zero-order chi connectivity index (χ0) is 16.2. The van der Waals surface area contributed by atoms with Crippen molar-refractivity contribution in [1.82, 2.24) is 25.3 Å².